The van der Waals surface area contributed by atoms with Crippen LogP contribution in [0.2, 0.25) is 0 Å². The summed E-state index contributed by atoms with van der Waals surface area (Å²) in [5, 5.41) is 8.70. The molecule has 0 aliphatic heterocycles. The second-order valence-electron chi connectivity index (χ2n) is 2.88. The summed E-state index contributed by atoms with van der Waals surface area (Å²) in [4.78, 5) is 3.68. The number of nitrogens with zero attached hydrogens (tertiary/aromatic N) is 2. The predicted octanol–water partition coefficient (Wildman–Crippen LogP) is 3.15. The van der Waals surface area contributed by atoms with Crippen molar-refractivity contribution in [3.8, 4) is 6.07 Å². The van der Waals surface area contributed by atoms with Gasteiger partial charge >= 0.3 is 0 Å². The lowest BCUT2D eigenvalue weighted by molar-refractivity contribution is 0.611. The molecule has 2 rings (SSSR count). The normalized spacial score (nSPS) is 10.3. The van der Waals surface area contributed by atoms with Crippen LogP contribution in [0.4, 0.5) is 8.78 Å². The first kappa shape index (κ1) is 9.99. The van der Waals surface area contributed by atoms with Crippen LogP contribution in [0.5, 0.6) is 0 Å². The van der Waals surface area contributed by atoms with Crippen molar-refractivity contribution in [3.63, 3.8) is 0 Å². The fourth-order valence-electron chi connectivity index (χ4n) is 1.34. The zero-order valence-corrected chi connectivity index (χ0v) is 8.85. The Balaban J connectivity index is 3.03. The van der Waals surface area contributed by atoms with Gasteiger partial charge in [0.1, 0.15) is 17.7 Å². The number of pyridine rings is 1. The zero-order valence-electron chi connectivity index (χ0n) is 7.26. The first-order chi connectivity index (χ1) is 7.15. The summed E-state index contributed by atoms with van der Waals surface area (Å²) in [5.74, 6) is -1.26. The van der Waals surface area contributed by atoms with E-state index in [-0.39, 0.29) is 20.8 Å². The highest BCUT2D eigenvalue weighted by Crippen LogP contribution is 2.28. The van der Waals surface area contributed by atoms with E-state index < -0.39 is 11.6 Å². The third-order valence-electron chi connectivity index (χ3n) is 2.00. The number of benzene rings is 1. The minimum Gasteiger partial charge on any atom is -0.263 e. The van der Waals surface area contributed by atoms with E-state index in [2.05, 4.69) is 20.9 Å². The van der Waals surface area contributed by atoms with Crippen molar-refractivity contribution in [2.75, 3.05) is 0 Å². The Morgan fingerprint density at radius 3 is 2.73 bits per heavy atom. The molecule has 1 aromatic carbocycles. The number of fused-ring (bicyclic) bond motifs is 1. The van der Waals surface area contributed by atoms with E-state index in [1.807, 2.05) is 0 Å². The molecular formula is C10H3BrF2N2. The van der Waals surface area contributed by atoms with Gasteiger partial charge in [-0.25, -0.2) is 8.78 Å². The third-order valence-corrected chi connectivity index (χ3v) is 2.58. The molecule has 0 spiro atoms. The van der Waals surface area contributed by atoms with E-state index in [1.165, 1.54) is 12.4 Å². The Kier molecular flexibility index (Phi) is 2.37. The van der Waals surface area contributed by atoms with Gasteiger partial charge in [-0.2, -0.15) is 5.26 Å². The Hall–Kier alpha value is -1.54. The van der Waals surface area contributed by atoms with Gasteiger partial charge in [0.15, 0.2) is 0 Å². The number of hydrogen-bond acceptors (Lipinski definition) is 2. The molecule has 0 unspecified atom stereocenters. The molecule has 0 N–H and O–H groups in total. The third kappa shape index (κ3) is 1.47. The largest absolute Gasteiger partial charge is 0.263 e. The van der Waals surface area contributed by atoms with Crippen molar-refractivity contribution in [2.24, 2.45) is 0 Å². The van der Waals surface area contributed by atoms with Crippen LogP contribution in [-0.4, -0.2) is 4.98 Å². The second-order valence-corrected chi connectivity index (χ2v) is 3.73. The maximum absolute atomic E-state index is 13.5. The molecule has 0 saturated heterocycles. The molecule has 2 aromatic rings. The van der Waals surface area contributed by atoms with E-state index in [9.17, 15) is 8.78 Å². The van der Waals surface area contributed by atoms with Crippen molar-refractivity contribution in [3.05, 3.63) is 40.1 Å². The van der Waals surface area contributed by atoms with Gasteiger partial charge in [0.05, 0.1) is 10.0 Å². The summed E-state index contributed by atoms with van der Waals surface area (Å²) in [6.45, 7) is 0. The minimum atomic E-state index is -0.641. The summed E-state index contributed by atoms with van der Waals surface area (Å²) >= 11 is 2.89. The number of halogens is 3. The predicted molar refractivity (Wildman–Crippen MR) is 54.1 cm³/mol. The van der Waals surface area contributed by atoms with Crippen molar-refractivity contribution in [1.29, 1.82) is 5.26 Å². The van der Waals surface area contributed by atoms with Gasteiger partial charge < -0.3 is 0 Å². The Bertz CT molecular complexity index is 590. The van der Waals surface area contributed by atoms with Crippen LogP contribution >= 0.6 is 15.9 Å². The first-order valence-electron chi connectivity index (χ1n) is 3.96. The molecule has 5 heteroatoms. The number of hydrogen-bond donors (Lipinski definition) is 0. The maximum atomic E-state index is 13.5. The lowest BCUT2D eigenvalue weighted by atomic mass is 10.1. The summed E-state index contributed by atoms with van der Waals surface area (Å²) in [5.41, 5.74) is 0.0244. The lowest BCUT2D eigenvalue weighted by Crippen LogP contribution is -1.91. The molecule has 0 bridgehead atoms. The highest BCUT2D eigenvalue weighted by molar-refractivity contribution is 9.10. The van der Waals surface area contributed by atoms with E-state index >= 15 is 0 Å². The number of aromatic nitrogens is 1. The van der Waals surface area contributed by atoms with E-state index in [0.29, 0.717) is 0 Å². The van der Waals surface area contributed by atoms with E-state index in [4.69, 9.17) is 5.26 Å². The first-order valence-corrected chi connectivity index (χ1v) is 4.75. The summed E-state index contributed by atoms with van der Waals surface area (Å²) in [6, 6.07) is 2.77. The van der Waals surface area contributed by atoms with Crippen LogP contribution in [0.15, 0.2) is 22.9 Å². The van der Waals surface area contributed by atoms with Gasteiger partial charge in [0.2, 0.25) is 0 Å². The molecule has 0 aliphatic rings. The second kappa shape index (κ2) is 3.55. The molecule has 0 radical (unpaired) electrons. The highest BCUT2D eigenvalue weighted by Gasteiger charge is 2.13. The van der Waals surface area contributed by atoms with Crippen LogP contribution in [0, 0.1) is 23.0 Å². The van der Waals surface area contributed by atoms with Gasteiger partial charge in [-0.05, 0) is 22.0 Å². The SMILES string of the molecule is N#Cc1cncc2c(F)c(Br)cc(F)c12. The minimum absolute atomic E-state index is 0.000856. The standard InChI is InChI=1S/C10H3BrF2N2/c11-7-1-8(12)9-5(2-14)3-15-4-6(9)10(7)13/h1,3-4H. The van der Waals surface area contributed by atoms with Gasteiger partial charge in [0.25, 0.3) is 0 Å². The zero-order chi connectivity index (χ0) is 11.0. The van der Waals surface area contributed by atoms with Crippen LogP contribution in [0.25, 0.3) is 10.8 Å². The fourth-order valence-corrected chi connectivity index (χ4v) is 1.76. The number of nitriles is 1. The summed E-state index contributed by atoms with van der Waals surface area (Å²) in [6.07, 6.45) is 2.40. The van der Waals surface area contributed by atoms with Crippen molar-refractivity contribution < 1.29 is 8.78 Å². The smallest absolute Gasteiger partial charge is 0.146 e. The van der Waals surface area contributed by atoms with Crippen molar-refractivity contribution >= 4 is 26.7 Å². The monoisotopic (exact) mass is 268 g/mol. The molecule has 74 valence electrons. The molecule has 15 heavy (non-hydrogen) atoms. The molecular weight excluding hydrogens is 266 g/mol. The maximum Gasteiger partial charge on any atom is 0.146 e. The van der Waals surface area contributed by atoms with Crippen LogP contribution < -0.4 is 0 Å². The van der Waals surface area contributed by atoms with Crippen LogP contribution in [0.1, 0.15) is 5.56 Å². The van der Waals surface area contributed by atoms with Gasteiger partial charge in [-0.3, -0.25) is 4.98 Å². The van der Waals surface area contributed by atoms with Crippen LogP contribution in [-0.2, 0) is 0 Å². The molecule has 0 saturated carbocycles. The number of rotatable bonds is 0. The van der Waals surface area contributed by atoms with Crippen LogP contribution in [0.3, 0.4) is 0 Å². The molecule has 1 aromatic heterocycles. The van der Waals surface area contributed by atoms with Gasteiger partial charge in [0, 0.05) is 23.2 Å². The van der Waals surface area contributed by atoms with Gasteiger partial charge in [-0.1, -0.05) is 0 Å². The average molecular weight is 269 g/mol. The molecule has 1 heterocycles. The lowest BCUT2D eigenvalue weighted by Gasteiger charge is -2.03. The molecule has 0 amide bonds. The Morgan fingerprint density at radius 2 is 2.07 bits per heavy atom. The fraction of sp³-hybridized carbons (Fsp3) is 0. The quantitative estimate of drug-likeness (QED) is 0.689. The molecule has 0 fully saturated rings. The van der Waals surface area contributed by atoms with Crippen molar-refractivity contribution in [2.45, 2.75) is 0 Å². The molecule has 0 atom stereocenters. The average Bonchev–Trinajstić information content (AvgIpc) is 2.25. The molecule has 0 aliphatic carbocycles. The Labute approximate surface area is 92.3 Å². The summed E-state index contributed by atoms with van der Waals surface area (Å²) < 4.78 is 27.0. The van der Waals surface area contributed by atoms with E-state index in [1.54, 1.807) is 6.07 Å². The van der Waals surface area contributed by atoms with Gasteiger partial charge in [-0.15, -0.1) is 0 Å². The van der Waals surface area contributed by atoms with Crippen molar-refractivity contribution in [1.82, 2.24) is 4.98 Å². The Morgan fingerprint density at radius 1 is 1.33 bits per heavy atom. The molecule has 2 nitrogen and oxygen atoms in total. The van der Waals surface area contributed by atoms with E-state index in [0.717, 1.165) is 6.07 Å². The highest BCUT2D eigenvalue weighted by atomic mass is 79.9. The topological polar surface area (TPSA) is 36.7 Å². The summed E-state index contributed by atoms with van der Waals surface area (Å²) in [7, 11) is 0.